The lowest BCUT2D eigenvalue weighted by molar-refractivity contribution is 0.398. The van der Waals surface area contributed by atoms with Crippen molar-refractivity contribution in [3.05, 3.63) is 30.1 Å². The van der Waals surface area contributed by atoms with Crippen molar-refractivity contribution in [3.8, 4) is 17.3 Å². The second-order valence-corrected chi connectivity index (χ2v) is 4.05. The number of methoxy groups -OCH3 is 1. The predicted molar refractivity (Wildman–Crippen MR) is 73.6 cm³/mol. The molecule has 0 saturated carbocycles. The number of nitrogens with zero attached hydrogens (tertiary/aromatic N) is 3. The zero-order chi connectivity index (χ0) is 13.7. The topological polar surface area (TPSA) is 86.0 Å². The van der Waals surface area contributed by atoms with Crippen molar-refractivity contribution in [2.75, 3.05) is 12.5 Å². The molecular weight excluding hydrogens is 242 g/mol. The maximum absolute atomic E-state index is 5.43. The van der Waals surface area contributed by atoms with Crippen LogP contribution in [-0.2, 0) is 6.42 Å². The van der Waals surface area contributed by atoms with Gasteiger partial charge in [0.05, 0.1) is 7.11 Å². The Labute approximate surface area is 112 Å². The first-order valence-electron chi connectivity index (χ1n) is 6.11. The highest BCUT2D eigenvalue weighted by atomic mass is 16.5. The van der Waals surface area contributed by atoms with E-state index in [4.69, 9.17) is 10.6 Å². The van der Waals surface area contributed by atoms with Gasteiger partial charge < -0.3 is 10.2 Å². The van der Waals surface area contributed by atoms with Gasteiger partial charge in [-0.3, -0.25) is 0 Å². The first-order valence-corrected chi connectivity index (χ1v) is 6.11. The van der Waals surface area contributed by atoms with Crippen molar-refractivity contribution in [3.63, 3.8) is 0 Å². The lowest BCUT2D eigenvalue weighted by atomic mass is 10.2. The van der Waals surface area contributed by atoms with Crippen molar-refractivity contribution in [1.82, 2.24) is 15.0 Å². The molecule has 100 valence electrons. The Kier molecular flexibility index (Phi) is 4.25. The number of rotatable bonds is 5. The number of aromatic nitrogens is 3. The summed E-state index contributed by atoms with van der Waals surface area (Å²) in [5, 5.41) is 0. The number of nitrogens with two attached hydrogens (primary N) is 1. The summed E-state index contributed by atoms with van der Waals surface area (Å²) in [7, 11) is 1.58. The highest BCUT2D eigenvalue weighted by molar-refractivity contribution is 5.56. The van der Waals surface area contributed by atoms with Crippen molar-refractivity contribution < 1.29 is 4.74 Å². The monoisotopic (exact) mass is 259 g/mol. The van der Waals surface area contributed by atoms with Gasteiger partial charge in [-0.25, -0.2) is 20.8 Å². The third-order valence-electron chi connectivity index (χ3n) is 2.64. The predicted octanol–water partition coefficient (Wildman–Crippen LogP) is 1.79. The van der Waals surface area contributed by atoms with Crippen LogP contribution in [0.5, 0.6) is 5.88 Å². The molecule has 19 heavy (non-hydrogen) atoms. The molecule has 3 N–H and O–H groups in total. The van der Waals surface area contributed by atoms with Gasteiger partial charge in [-0.15, -0.1) is 0 Å². The van der Waals surface area contributed by atoms with Gasteiger partial charge in [0.25, 0.3) is 0 Å². The van der Waals surface area contributed by atoms with Crippen molar-refractivity contribution >= 4 is 5.82 Å². The maximum Gasteiger partial charge on any atom is 0.212 e. The van der Waals surface area contributed by atoms with Crippen LogP contribution in [0.2, 0.25) is 0 Å². The minimum atomic E-state index is 0.561. The van der Waals surface area contributed by atoms with E-state index in [-0.39, 0.29) is 0 Å². The van der Waals surface area contributed by atoms with Gasteiger partial charge >= 0.3 is 0 Å². The summed E-state index contributed by atoms with van der Waals surface area (Å²) in [5.41, 5.74) is 4.35. The maximum atomic E-state index is 5.43. The molecule has 0 aromatic carbocycles. The van der Waals surface area contributed by atoms with Crippen LogP contribution >= 0.6 is 0 Å². The lowest BCUT2D eigenvalue weighted by Gasteiger charge is -2.07. The van der Waals surface area contributed by atoms with Crippen LogP contribution in [0.1, 0.15) is 19.0 Å². The van der Waals surface area contributed by atoms with Gasteiger partial charge in [0, 0.05) is 29.6 Å². The zero-order valence-corrected chi connectivity index (χ0v) is 11.1. The molecule has 0 radical (unpaired) electrons. The first kappa shape index (κ1) is 13.2. The highest BCUT2D eigenvalue weighted by Crippen LogP contribution is 2.19. The third-order valence-corrected chi connectivity index (χ3v) is 2.64. The quantitative estimate of drug-likeness (QED) is 0.629. The average molecular weight is 259 g/mol. The fourth-order valence-electron chi connectivity index (χ4n) is 1.72. The Morgan fingerprint density at radius 1 is 1.32 bits per heavy atom. The molecule has 2 rings (SSSR count). The normalized spacial score (nSPS) is 10.3. The van der Waals surface area contributed by atoms with E-state index in [1.54, 1.807) is 19.4 Å². The molecule has 2 aromatic rings. The smallest absolute Gasteiger partial charge is 0.212 e. The summed E-state index contributed by atoms with van der Waals surface area (Å²) in [5.74, 6) is 7.20. The van der Waals surface area contributed by atoms with E-state index in [1.165, 1.54) is 0 Å². The van der Waals surface area contributed by atoms with E-state index in [1.807, 2.05) is 12.1 Å². The van der Waals surface area contributed by atoms with Crippen molar-refractivity contribution in [1.29, 1.82) is 0 Å². The Morgan fingerprint density at radius 2 is 2.16 bits per heavy atom. The Hall–Kier alpha value is -2.21. The summed E-state index contributed by atoms with van der Waals surface area (Å²) < 4.78 is 5.03. The largest absolute Gasteiger partial charge is 0.481 e. The second kappa shape index (κ2) is 6.10. The van der Waals surface area contributed by atoms with E-state index in [2.05, 4.69) is 27.3 Å². The minimum Gasteiger partial charge on any atom is -0.481 e. The van der Waals surface area contributed by atoms with Crippen LogP contribution in [-0.4, -0.2) is 22.1 Å². The van der Waals surface area contributed by atoms with Crippen LogP contribution in [0.15, 0.2) is 24.4 Å². The van der Waals surface area contributed by atoms with Crippen LogP contribution in [0, 0.1) is 0 Å². The molecule has 2 aromatic heterocycles. The lowest BCUT2D eigenvalue weighted by Crippen LogP contribution is -2.10. The summed E-state index contributed by atoms with van der Waals surface area (Å²) >= 11 is 0. The van der Waals surface area contributed by atoms with Gasteiger partial charge in [0.15, 0.2) is 5.82 Å². The molecule has 0 unspecified atom stereocenters. The van der Waals surface area contributed by atoms with Gasteiger partial charge in [-0.2, -0.15) is 0 Å². The number of ether oxygens (including phenoxy) is 1. The SMILES string of the molecule is CCCc1cc(NN)nc(-c2ccc(OC)nc2)n1. The van der Waals surface area contributed by atoms with E-state index >= 15 is 0 Å². The second-order valence-electron chi connectivity index (χ2n) is 4.05. The van der Waals surface area contributed by atoms with Gasteiger partial charge in [0.2, 0.25) is 5.88 Å². The molecule has 0 fully saturated rings. The molecular formula is C13H17N5O. The molecule has 0 spiro atoms. The number of anilines is 1. The van der Waals surface area contributed by atoms with E-state index in [9.17, 15) is 0 Å². The number of hydrogen-bond acceptors (Lipinski definition) is 6. The molecule has 0 atom stereocenters. The fourth-order valence-corrected chi connectivity index (χ4v) is 1.72. The third kappa shape index (κ3) is 3.17. The summed E-state index contributed by atoms with van der Waals surface area (Å²) in [6.07, 6.45) is 3.58. The Balaban J connectivity index is 2.38. The zero-order valence-electron chi connectivity index (χ0n) is 11.1. The van der Waals surface area contributed by atoms with E-state index in [0.29, 0.717) is 17.5 Å². The first-order chi connectivity index (χ1) is 9.26. The molecule has 0 saturated heterocycles. The van der Waals surface area contributed by atoms with Gasteiger partial charge in [0.1, 0.15) is 5.82 Å². The van der Waals surface area contributed by atoms with Gasteiger partial charge in [-0.05, 0) is 12.5 Å². The average Bonchev–Trinajstić information content (AvgIpc) is 2.47. The number of nitrogens with one attached hydrogen (secondary N) is 1. The fraction of sp³-hybridized carbons (Fsp3) is 0.308. The standard InChI is InChI=1S/C13H17N5O/c1-3-4-10-7-11(18-14)17-13(16-10)9-5-6-12(19-2)15-8-9/h5-8H,3-4,14H2,1-2H3,(H,16,17,18). The Morgan fingerprint density at radius 3 is 2.74 bits per heavy atom. The van der Waals surface area contributed by atoms with Gasteiger partial charge in [-0.1, -0.05) is 13.3 Å². The number of hydrogen-bond donors (Lipinski definition) is 2. The van der Waals surface area contributed by atoms with Crippen LogP contribution in [0.3, 0.4) is 0 Å². The summed E-state index contributed by atoms with van der Waals surface area (Å²) in [6.45, 7) is 2.10. The highest BCUT2D eigenvalue weighted by Gasteiger charge is 2.07. The molecule has 6 heteroatoms. The molecule has 0 aliphatic carbocycles. The minimum absolute atomic E-state index is 0.561. The van der Waals surface area contributed by atoms with Crippen molar-refractivity contribution in [2.45, 2.75) is 19.8 Å². The van der Waals surface area contributed by atoms with E-state index in [0.717, 1.165) is 24.1 Å². The van der Waals surface area contributed by atoms with Crippen molar-refractivity contribution in [2.24, 2.45) is 5.84 Å². The molecule has 0 aliphatic heterocycles. The molecule has 0 aliphatic rings. The number of nitrogen functional groups attached to an aromatic ring is 1. The summed E-state index contributed by atoms with van der Waals surface area (Å²) in [6, 6.07) is 5.50. The number of hydrazine groups is 1. The number of pyridine rings is 1. The molecule has 0 amide bonds. The van der Waals surface area contributed by atoms with Crippen LogP contribution in [0.4, 0.5) is 5.82 Å². The molecule has 6 nitrogen and oxygen atoms in total. The Bertz CT molecular complexity index is 541. The summed E-state index contributed by atoms with van der Waals surface area (Å²) in [4.78, 5) is 13.0. The number of aryl methyl sites for hydroxylation is 1. The van der Waals surface area contributed by atoms with Crippen LogP contribution in [0.25, 0.3) is 11.4 Å². The molecule has 0 bridgehead atoms. The van der Waals surface area contributed by atoms with E-state index < -0.39 is 0 Å². The van der Waals surface area contributed by atoms with Crippen LogP contribution < -0.4 is 16.0 Å². The molecule has 2 heterocycles.